The number of hydrogen-bond donors (Lipinski definition) is 0. The molecule has 2 heteroatoms. The van der Waals surface area contributed by atoms with Crippen molar-refractivity contribution in [3.63, 3.8) is 0 Å². The number of aromatic nitrogens is 2. The van der Waals surface area contributed by atoms with Crippen LogP contribution in [0.15, 0.2) is 188 Å². The summed E-state index contributed by atoms with van der Waals surface area (Å²) in [6, 6.07) is 60.0. The van der Waals surface area contributed by atoms with Crippen molar-refractivity contribution >= 4 is 59.7 Å². The molecule has 0 saturated carbocycles. The fraction of sp³-hybridized carbons (Fsp3) is 0.0392. The topological polar surface area (TPSA) is 17.8 Å². The van der Waals surface area contributed by atoms with Crippen LogP contribution in [0, 0.1) is 0 Å². The van der Waals surface area contributed by atoms with E-state index in [4.69, 9.17) is 0 Å². The quantitative estimate of drug-likeness (QED) is 0.166. The molecule has 0 spiro atoms. The van der Waals surface area contributed by atoms with E-state index in [2.05, 4.69) is 186 Å². The Balaban J connectivity index is 0.975. The lowest BCUT2D eigenvalue weighted by atomic mass is 9.85. The summed E-state index contributed by atoms with van der Waals surface area (Å²) in [5.41, 5.74) is 12.3. The van der Waals surface area contributed by atoms with Crippen LogP contribution in [-0.4, -0.2) is 9.55 Å². The first-order chi connectivity index (χ1) is 26.3. The maximum Gasteiger partial charge on any atom is 0.0541 e. The highest BCUT2D eigenvalue weighted by molar-refractivity contribution is 6.27. The maximum absolute atomic E-state index is 4.61. The van der Waals surface area contributed by atoms with Crippen LogP contribution in [0.3, 0.4) is 0 Å². The van der Waals surface area contributed by atoms with Crippen LogP contribution in [0.4, 0.5) is 0 Å². The molecule has 0 amide bonds. The standard InChI is InChI=1S/C51H34N2/c1-2-8-40(9-3-1)53-48-12-5-4-10-43(48)46-32-39(25-30-49(46)53)33-13-15-34(16-14-33)41-26-21-37-24-29-45-42(27-22-38-23-28-44(41)50(37)51(38)45)35-17-19-36(20-18-35)47-11-6-7-31-52-47/h1-19,21-32,36H,20H2. The number of hydrogen-bond acceptors (Lipinski definition) is 1. The Kier molecular flexibility index (Phi) is 6.72. The van der Waals surface area contributed by atoms with Crippen molar-refractivity contribution in [1.82, 2.24) is 9.55 Å². The zero-order chi connectivity index (χ0) is 34.9. The van der Waals surface area contributed by atoms with Crippen molar-refractivity contribution in [2.45, 2.75) is 12.3 Å². The van der Waals surface area contributed by atoms with Gasteiger partial charge in [-0.3, -0.25) is 4.98 Å². The molecule has 1 atom stereocenters. The van der Waals surface area contributed by atoms with Gasteiger partial charge in [0.15, 0.2) is 0 Å². The van der Waals surface area contributed by atoms with E-state index >= 15 is 0 Å². The molecule has 2 nitrogen and oxygen atoms in total. The van der Waals surface area contributed by atoms with Crippen LogP contribution in [0.25, 0.3) is 87.6 Å². The number of pyridine rings is 1. The molecule has 11 rings (SSSR count). The molecule has 2 aromatic heterocycles. The van der Waals surface area contributed by atoms with Crippen LogP contribution in [0.1, 0.15) is 23.6 Å². The molecule has 0 saturated heterocycles. The predicted molar refractivity (Wildman–Crippen MR) is 224 cm³/mol. The monoisotopic (exact) mass is 674 g/mol. The van der Waals surface area contributed by atoms with Crippen molar-refractivity contribution in [2.24, 2.45) is 0 Å². The molecule has 0 radical (unpaired) electrons. The average molecular weight is 675 g/mol. The zero-order valence-corrected chi connectivity index (χ0v) is 29.1. The SMILES string of the molecule is C1=CC(c2ccccn2)CC=C1c1ccc2ccc3c(-c4ccc(-c5ccc6c(c5)c5ccccc5n6-c5ccccc5)cc4)ccc4ccc1c2c43. The Morgan fingerprint density at radius 3 is 1.91 bits per heavy atom. The number of rotatable bonds is 5. The van der Waals surface area contributed by atoms with Crippen molar-refractivity contribution in [2.75, 3.05) is 0 Å². The van der Waals surface area contributed by atoms with Gasteiger partial charge in [0, 0.05) is 34.3 Å². The van der Waals surface area contributed by atoms with Gasteiger partial charge in [-0.2, -0.15) is 0 Å². The van der Waals surface area contributed by atoms with Gasteiger partial charge in [0.05, 0.1) is 11.0 Å². The molecule has 53 heavy (non-hydrogen) atoms. The van der Waals surface area contributed by atoms with Gasteiger partial charge in [-0.25, -0.2) is 0 Å². The van der Waals surface area contributed by atoms with Gasteiger partial charge in [-0.1, -0.05) is 140 Å². The van der Waals surface area contributed by atoms with E-state index in [-0.39, 0.29) is 0 Å². The van der Waals surface area contributed by atoms with Gasteiger partial charge in [0.25, 0.3) is 0 Å². The summed E-state index contributed by atoms with van der Waals surface area (Å²) in [7, 11) is 0. The summed E-state index contributed by atoms with van der Waals surface area (Å²) >= 11 is 0. The normalized spacial score (nSPS) is 14.6. The first kappa shape index (κ1) is 29.9. The largest absolute Gasteiger partial charge is 0.309 e. The maximum atomic E-state index is 4.61. The van der Waals surface area contributed by atoms with E-state index in [1.54, 1.807) is 0 Å². The van der Waals surface area contributed by atoms with E-state index in [9.17, 15) is 0 Å². The highest BCUT2D eigenvalue weighted by Gasteiger charge is 2.18. The smallest absolute Gasteiger partial charge is 0.0541 e. The van der Waals surface area contributed by atoms with E-state index < -0.39 is 0 Å². The van der Waals surface area contributed by atoms with E-state index in [1.807, 2.05) is 12.3 Å². The molecule has 2 heterocycles. The summed E-state index contributed by atoms with van der Waals surface area (Å²) in [4.78, 5) is 4.61. The molecule has 10 aromatic rings. The number of fused-ring (bicyclic) bond motifs is 3. The Morgan fingerprint density at radius 2 is 1.15 bits per heavy atom. The van der Waals surface area contributed by atoms with Crippen molar-refractivity contribution in [1.29, 1.82) is 0 Å². The van der Waals surface area contributed by atoms with Gasteiger partial charge in [0.2, 0.25) is 0 Å². The second-order valence-electron chi connectivity index (χ2n) is 14.3. The van der Waals surface area contributed by atoms with Crippen LogP contribution < -0.4 is 0 Å². The second-order valence-corrected chi connectivity index (χ2v) is 14.3. The van der Waals surface area contributed by atoms with Crippen molar-refractivity contribution in [3.05, 3.63) is 199 Å². The molecule has 8 aromatic carbocycles. The Morgan fingerprint density at radius 1 is 0.491 bits per heavy atom. The lowest BCUT2D eigenvalue weighted by Gasteiger charge is -2.19. The van der Waals surface area contributed by atoms with Gasteiger partial charge >= 0.3 is 0 Å². The molecular weight excluding hydrogens is 641 g/mol. The van der Waals surface area contributed by atoms with Crippen LogP contribution >= 0.6 is 0 Å². The van der Waals surface area contributed by atoms with Crippen LogP contribution in [0.2, 0.25) is 0 Å². The first-order valence-electron chi connectivity index (χ1n) is 18.5. The second kappa shape index (κ2) is 11.9. The predicted octanol–water partition coefficient (Wildman–Crippen LogP) is 13.5. The molecule has 1 aliphatic carbocycles. The van der Waals surface area contributed by atoms with Gasteiger partial charge in [0.1, 0.15) is 0 Å². The molecule has 1 aliphatic rings. The fourth-order valence-electron chi connectivity index (χ4n) is 8.79. The zero-order valence-electron chi connectivity index (χ0n) is 29.1. The summed E-state index contributed by atoms with van der Waals surface area (Å²) < 4.78 is 2.37. The van der Waals surface area contributed by atoms with Gasteiger partial charge < -0.3 is 4.57 Å². The molecule has 0 N–H and O–H groups in total. The molecule has 1 unspecified atom stereocenters. The van der Waals surface area contributed by atoms with Crippen molar-refractivity contribution in [3.8, 4) is 27.9 Å². The number of allylic oxidation sites excluding steroid dienone is 4. The minimum Gasteiger partial charge on any atom is -0.309 e. The fourth-order valence-corrected chi connectivity index (χ4v) is 8.79. The Bertz CT molecular complexity index is 3060. The highest BCUT2D eigenvalue weighted by Crippen LogP contribution is 2.43. The molecule has 0 fully saturated rings. The van der Waals surface area contributed by atoms with Crippen LogP contribution in [0.5, 0.6) is 0 Å². The minimum atomic E-state index is 0.318. The molecule has 0 aliphatic heterocycles. The number of nitrogens with zero attached hydrogens (tertiary/aromatic N) is 2. The first-order valence-corrected chi connectivity index (χ1v) is 18.5. The van der Waals surface area contributed by atoms with Crippen LogP contribution in [-0.2, 0) is 0 Å². The number of para-hydroxylation sites is 2. The molecular formula is C51H34N2. The highest BCUT2D eigenvalue weighted by atomic mass is 15.0. The third kappa shape index (κ3) is 4.76. The third-order valence-corrected chi connectivity index (χ3v) is 11.4. The minimum absolute atomic E-state index is 0.318. The summed E-state index contributed by atoms with van der Waals surface area (Å²) in [5.74, 6) is 0.318. The van der Waals surface area contributed by atoms with E-state index in [1.165, 1.54) is 93.2 Å². The third-order valence-electron chi connectivity index (χ3n) is 11.4. The lowest BCUT2D eigenvalue weighted by molar-refractivity contribution is 0.818. The van der Waals surface area contributed by atoms with Gasteiger partial charge in [-0.05, 0) is 115 Å². The van der Waals surface area contributed by atoms with Gasteiger partial charge in [-0.15, -0.1) is 0 Å². The summed E-state index contributed by atoms with van der Waals surface area (Å²) in [6.07, 6.45) is 9.84. The van der Waals surface area contributed by atoms with Crippen molar-refractivity contribution < 1.29 is 0 Å². The Labute approximate surface area is 307 Å². The average Bonchev–Trinajstić information content (AvgIpc) is 3.57. The summed E-state index contributed by atoms with van der Waals surface area (Å²) in [5, 5.41) is 10.4. The molecule has 248 valence electrons. The van der Waals surface area contributed by atoms with E-state index in [0.717, 1.165) is 12.1 Å². The Hall–Kier alpha value is -6.77. The molecule has 0 bridgehead atoms. The lowest BCUT2D eigenvalue weighted by Crippen LogP contribution is -2.01. The summed E-state index contributed by atoms with van der Waals surface area (Å²) in [6.45, 7) is 0. The van der Waals surface area contributed by atoms with E-state index in [0.29, 0.717) is 5.92 Å². The number of benzene rings is 8.